The van der Waals surface area contributed by atoms with Gasteiger partial charge in [0.15, 0.2) is 0 Å². The molecule has 4 aromatic rings. The molecule has 3 aromatic carbocycles. The fourth-order valence-electron chi connectivity index (χ4n) is 4.09. The van der Waals surface area contributed by atoms with Gasteiger partial charge < -0.3 is 14.6 Å². The summed E-state index contributed by atoms with van der Waals surface area (Å²) >= 11 is 0. The van der Waals surface area contributed by atoms with Gasteiger partial charge >= 0.3 is 6.09 Å². The van der Waals surface area contributed by atoms with Crippen molar-refractivity contribution in [3.63, 3.8) is 0 Å². The Balaban J connectivity index is 1.35. The number of amides is 1. The van der Waals surface area contributed by atoms with Crippen molar-refractivity contribution >= 4 is 6.09 Å². The van der Waals surface area contributed by atoms with Crippen LogP contribution in [0.3, 0.4) is 0 Å². The third kappa shape index (κ3) is 5.73. The molecule has 5 heteroatoms. The Kier molecular flexibility index (Phi) is 7.76. The number of hydrogen-bond donors (Lipinski definition) is 1. The number of para-hydroxylation sites is 1. The van der Waals surface area contributed by atoms with Crippen LogP contribution in [0.2, 0.25) is 0 Å². The van der Waals surface area contributed by atoms with Crippen molar-refractivity contribution in [3.8, 4) is 28.3 Å². The van der Waals surface area contributed by atoms with Crippen LogP contribution in [0.5, 0.6) is 5.75 Å². The highest BCUT2D eigenvalue weighted by atomic mass is 16.6. The first kappa shape index (κ1) is 23.3. The van der Waals surface area contributed by atoms with E-state index in [9.17, 15) is 4.79 Å². The molecule has 0 atom stereocenters. The number of carbonyl (C=O) groups excluding carboxylic acids is 1. The monoisotopic (exact) mass is 453 g/mol. The zero-order chi connectivity index (χ0) is 23.8. The second kappa shape index (κ2) is 11.3. The van der Waals surface area contributed by atoms with Crippen LogP contribution in [0, 0.1) is 13.8 Å². The van der Waals surface area contributed by atoms with Gasteiger partial charge in [0, 0.05) is 24.2 Å². The first-order chi connectivity index (χ1) is 16.6. The normalized spacial score (nSPS) is 10.8. The van der Waals surface area contributed by atoms with Gasteiger partial charge in [-0.05, 0) is 44.7 Å². The fourth-order valence-corrected chi connectivity index (χ4v) is 4.09. The number of nitrogens with zero attached hydrogens (tertiary/aromatic N) is 2. The van der Waals surface area contributed by atoms with E-state index in [4.69, 9.17) is 9.72 Å². The highest BCUT2D eigenvalue weighted by Crippen LogP contribution is 2.33. The molecule has 0 bridgehead atoms. The second-order valence-electron chi connectivity index (χ2n) is 8.38. The maximum Gasteiger partial charge on any atom is 0.412 e. The molecule has 0 radical (unpaired) electrons. The number of nitrogens with one attached hydrogen (secondary N) is 1. The van der Waals surface area contributed by atoms with E-state index in [0.717, 1.165) is 54.1 Å². The standard InChI is InChI=1S/C29H31N3O2/c1-22-14-10-11-19-26(22)34-29(33)30-20-12-5-13-21-32-23(2)31-27(24-15-6-3-7-16-24)28(32)25-17-8-4-9-18-25/h3-4,6-11,14-19H,5,12-13,20-21H2,1-2H3,(H,30,33). The summed E-state index contributed by atoms with van der Waals surface area (Å²) in [4.78, 5) is 17.0. The lowest BCUT2D eigenvalue weighted by atomic mass is 10.0. The molecule has 1 amide bonds. The van der Waals surface area contributed by atoms with Gasteiger partial charge in [-0.25, -0.2) is 9.78 Å². The average Bonchev–Trinajstić information content (AvgIpc) is 3.20. The van der Waals surface area contributed by atoms with Crippen molar-refractivity contribution in [2.45, 2.75) is 39.7 Å². The van der Waals surface area contributed by atoms with Crippen molar-refractivity contribution in [1.29, 1.82) is 0 Å². The van der Waals surface area contributed by atoms with Gasteiger partial charge in [0.25, 0.3) is 0 Å². The van der Waals surface area contributed by atoms with E-state index < -0.39 is 6.09 Å². The minimum atomic E-state index is -0.404. The van der Waals surface area contributed by atoms with E-state index >= 15 is 0 Å². The molecule has 0 aliphatic carbocycles. The van der Waals surface area contributed by atoms with Crippen molar-refractivity contribution in [2.75, 3.05) is 6.54 Å². The summed E-state index contributed by atoms with van der Waals surface area (Å²) in [5, 5.41) is 2.85. The van der Waals surface area contributed by atoms with Crippen LogP contribution in [0.15, 0.2) is 84.9 Å². The number of imidazole rings is 1. The van der Waals surface area contributed by atoms with Crippen LogP contribution in [-0.2, 0) is 6.54 Å². The molecule has 0 aliphatic rings. The highest BCUT2D eigenvalue weighted by molar-refractivity contribution is 5.79. The molecule has 174 valence electrons. The van der Waals surface area contributed by atoms with Crippen LogP contribution >= 0.6 is 0 Å². The molecule has 1 heterocycles. The van der Waals surface area contributed by atoms with E-state index in [1.54, 1.807) is 6.07 Å². The maximum atomic E-state index is 12.1. The van der Waals surface area contributed by atoms with E-state index in [0.29, 0.717) is 12.3 Å². The zero-order valence-corrected chi connectivity index (χ0v) is 19.8. The Morgan fingerprint density at radius 3 is 2.18 bits per heavy atom. The molecule has 1 N–H and O–H groups in total. The number of rotatable bonds is 9. The van der Waals surface area contributed by atoms with Gasteiger partial charge in [-0.2, -0.15) is 0 Å². The Morgan fingerprint density at radius 2 is 1.47 bits per heavy atom. The van der Waals surface area contributed by atoms with Crippen LogP contribution in [0.25, 0.3) is 22.5 Å². The third-order valence-corrected chi connectivity index (χ3v) is 5.88. The van der Waals surface area contributed by atoms with Crippen LogP contribution < -0.4 is 10.1 Å². The number of unbranched alkanes of at least 4 members (excludes halogenated alkanes) is 2. The fraction of sp³-hybridized carbons (Fsp3) is 0.241. The first-order valence-corrected chi connectivity index (χ1v) is 11.8. The molecule has 0 saturated heterocycles. The Bertz CT molecular complexity index is 1220. The van der Waals surface area contributed by atoms with Crippen LogP contribution in [-0.4, -0.2) is 22.2 Å². The highest BCUT2D eigenvalue weighted by Gasteiger charge is 2.17. The smallest absolute Gasteiger partial charge is 0.410 e. The summed E-state index contributed by atoms with van der Waals surface area (Å²) in [7, 11) is 0. The molecular weight excluding hydrogens is 422 g/mol. The van der Waals surface area contributed by atoms with Crippen LogP contribution in [0.1, 0.15) is 30.7 Å². The number of aryl methyl sites for hydroxylation is 2. The van der Waals surface area contributed by atoms with Crippen molar-refractivity contribution in [3.05, 3.63) is 96.3 Å². The quantitative estimate of drug-likeness (QED) is 0.284. The third-order valence-electron chi connectivity index (χ3n) is 5.88. The Hall–Kier alpha value is -3.86. The summed E-state index contributed by atoms with van der Waals surface area (Å²) < 4.78 is 7.70. The lowest BCUT2D eigenvalue weighted by Crippen LogP contribution is -2.27. The SMILES string of the molecule is Cc1ccccc1OC(=O)NCCCCCn1c(C)nc(-c2ccccc2)c1-c1ccccc1. The van der Waals surface area contributed by atoms with Crippen molar-refractivity contribution in [2.24, 2.45) is 0 Å². The molecule has 0 fully saturated rings. The zero-order valence-electron chi connectivity index (χ0n) is 19.8. The summed E-state index contributed by atoms with van der Waals surface area (Å²) in [6, 6.07) is 28.3. The topological polar surface area (TPSA) is 56.1 Å². The van der Waals surface area contributed by atoms with E-state index in [1.807, 2.05) is 37.3 Å². The minimum absolute atomic E-state index is 0.404. The summed E-state index contributed by atoms with van der Waals surface area (Å²) in [6.45, 7) is 5.47. The molecule has 5 nitrogen and oxygen atoms in total. The maximum absolute atomic E-state index is 12.1. The molecule has 1 aromatic heterocycles. The summed E-state index contributed by atoms with van der Waals surface area (Å²) in [5.41, 5.74) is 5.41. The van der Waals surface area contributed by atoms with Crippen molar-refractivity contribution in [1.82, 2.24) is 14.9 Å². The largest absolute Gasteiger partial charge is 0.412 e. The Morgan fingerprint density at radius 1 is 0.824 bits per heavy atom. The van der Waals surface area contributed by atoms with Gasteiger partial charge in [0.2, 0.25) is 0 Å². The number of aromatic nitrogens is 2. The number of benzene rings is 3. The van der Waals surface area contributed by atoms with Gasteiger partial charge in [-0.3, -0.25) is 0 Å². The van der Waals surface area contributed by atoms with Gasteiger partial charge in [0.1, 0.15) is 11.6 Å². The minimum Gasteiger partial charge on any atom is -0.410 e. The molecule has 0 spiro atoms. The van der Waals surface area contributed by atoms with Crippen LogP contribution in [0.4, 0.5) is 4.79 Å². The summed E-state index contributed by atoms with van der Waals surface area (Å²) in [6.07, 6.45) is 2.48. The van der Waals surface area contributed by atoms with Crippen molar-refractivity contribution < 1.29 is 9.53 Å². The lowest BCUT2D eigenvalue weighted by Gasteiger charge is -2.12. The Labute approximate surface area is 201 Å². The van der Waals surface area contributed by atoms with E-state index in [2.05, 4.69) is 65.3 Å². The van der Waals surface area contributed by atoms with Gasteiger partial charge in [0.05, 0.1) is 11.4 Å². The number of carbonyl (C=O) groups is 1. The molecule has 0 aliphatic heterocycles. The number of ether oxygens (including phenoxy) is 1. The molecule has 34 heavy (non-hydrogen) atoms. The number of hydrogen-bond acceptors (Lipinski definition) is 3. The summed E-state index contributed by atoms with van der Waals surface area (Å²) in [5.74, 6) is 1.61. The predicted molar refractivity (Wildman–Crippen MR) is 137 cm³/mol. The average molecular weight is 454 g/mol. The van der Waals surface area contributed by atoms with E-state index in [1.165, 1.54) is 5.56 Å². The molecule has 4 rings (SSSR count). The second-order valence-corrected chi connectivity index (χ2v) is 8.38. The van der Waals surface area contributed by atoms with Gasteiger partial charge in [-0.15, -0.1) is 0 Å². The predicted octanol–water partition coefficient (Wildman–Crippen LogP) is 6.79. The van der Waals surface area contributed by atoms with E-state index in [-0.39, 0.29) is 0 Å². The molecule has 0 unspecified atom stereocenters. The first-order valence-electron chi connectivity index (χ1n) is 11.8. The lowest BCUT2D eigenvalue weighted by molar-refractivity contribution is 0.200. The van der Waals surface area contributed by atoms with Gasteiger partial charge in [-0.1, -0.05) is 78.9 Å². The molecular formula is C29H31N3O2. The molecule has 0 saturated carbocycles.